The molecule has 4 rings (SSSR count). The van der Waals surface area contributed by atoms with Crippen LogP contribution in [0, 0.1) is 6.92 Å². The highest BCUT2D eigenvalue weighted by molar-refractivity contribution is 5.94. The minimum Gasteiger partial charge on any atom is -0.339 e. The second-order valence-electron chi connectivity index (χ2n) is 7.91. The van der Waals surface area contributed by atoms with E-state index in [-0.39, 0.29) is 11.9 Å². The molecule has 1 aliphatic heterocycles. The zero-order chi connectivity index (χ0) is 20.8. The fourth-order valence-electron chi connectivity index (χ4n) is 4.06. The third-order valence-corrected chi connectivity index (χ3v) is 5.78. The number of hydrogen-bond donors (Lipinski definition) is 1. The normalized spacial score (nSPS) is 15.3. The number of piperazine rings is 1. The van der Waals surface area contributed by atoms with Gasteiger partial charge in [0.1, 0.15) is 0 Å². The summed E-state index contributed by atoms with van der Waals surface area (Å²) in [4.78, 5) is 17.3. The number of benzene rings is 3. The number of nitrogens with zero attached hydrogens (tertiary/aromatic N) is 2. The lowest BCUT2D eigenvalue weighted by Gasteiger charge is -2.39. The van der Waals surface area contributed by atoms with Crippen LogP contribution in [-0.2, 0) is 0 Å². The second kappa shape index (κ2) is 9.70. The van der Waals surface area contributed by atoms with Crippen molar-refractivity contribution in [1.82, 2.24) is 15.1 Å². The molecule has 1 saturated heterocycles. The van der Waals surface area contributed by atoms with E-state index < -0.39 is 0 Å². The van der Waals surface area contributed by atoms with Crippen LogP contribution in [0.15, 0.2) is 84.9 Å². The molecule has 4 heteroatoms. The van der Waals surface area contributed by atoms with Gasteiger partial charge >= 0.3 is 0 Å². The van der Waals surface area contributed by atoms with E-state index in [1.165, 1.54) is 11.1 Å². The molecular formula is C26H29N3O. The molecule has 4 nitrogen and oxygen atoms in total. The van der Waals surface area contributed by atoms with Crippen molar-refractivity contribution in [3.63, 3.8) is 0 Å². The second-order valence-corrected chi connectivity index (χ2v) is 7.91. The largest absolute Gasteiger partial charge is 0.339 e. The standard InChI is InChI=1S/C26H29N3O/c1-21-12-14-24(15-13-21)26(30)27-20-28-16-18-29(19-17-28)25(22-8-4-2-5-9-22)23-10-6-3-7-11-23/h2-15,25H,16-20H2,1H3,(H,27,30). The summed E-state index contributed by atoms with van der Waals surface area (Å²) in [5, 5.41) is 3.06. The first kappa shape index (κ1) is 20.3. The molecule has 0 radical (unpaired) electrons. The van der Waals surface area contributed by atoms with Crippen LogP contribution in [0.1, 0.15) is 33.1 Å². The third kappa shape index (κ3) is 4.96. The summed E-state index contributed by atoms with van der Waals surface area (Å²) in [7, 11) is 0. The van der Waals surface area contributed by atoms with Gasteiger partial charge in [0.25, 0.3) is 5.91 Å². The summed E-state index contributed by atoms with van der Waals surface area (Å²) in [6.45, 7) is 6.42. The predicted octanol–water partition coefficient (Wildman–Crippen LogP) is 4.09. The van der Waals surface area contributed by atoms with Gasteiger partial charge in [0.05, 0.1) is 12.7 Å². The van der Waals surface area contributed by atoms with E-state index in [1.54, 1.807) is 0 Å². The molecule has 0 bridgehead atoms. The Bertz CT molecular complexity index is 894. The van der Waals surface area contributed by atoms with Crippen LogP contribution in [0.5, 0.6) is 0 Å². The lowest BCUT2D eigenvalue weighted by Crippen LogP contribution is -2.50. The summed E-state index contributed by atoms with van der Waals surface area (Å²) in [5.41, 5.74) is 4.52. The molecule has 1 amide bonds. The SMILES string of the molecule is Cc1ccc(C(=O)NCN2CCN(C(c3ccccc3)c3ccccc3)CC2)cc1. The van der Waals surface area contributed by atoms with Crippen molar-refractivity contribution in [2.24, 2.45) is 0 Å². The molecule has 154 valence electrons. The Morgan fingerprint density at radius 2 is 1.33 bits per heavy atom. The van der Waals surface area contributed by atoms with Gasteiger partial charge in [0, 0.05) is 31.7 Å². The van der Waals surface area contributed by atoms with E-state index in [0.29, 0.717) is 12.2 Å². The third-order valence-electron chi connectivity index (χ3n) is 5.78. The topological polar surface area (TPSA) is 35.6 Å². The van der Waals surface area contributed by atoms with Crippen LogP contribution in [0.25, 0.3) is 0 Å². The first-order valence-corrected chi connectivity index (χ1v) is 10.6. The Morgan fingerprint density at radius 3 is 1.87 bits per heavy atom. The molecular weight excluding hydrogens is 370 g/mol. The fourth-order valence-corrected chi connectivity index (χ4v) is 4.06. The molecule has 1 fully saturated rings. The lowest BCUT2D eigenvalue weighted by atomic mass is 9.96. The van der Waals surface area contributed by atoms with Gasteiger partial charge in [-0.2, -0.15) is 0 Å². The quantitative estimate of drug-likeness (QED) is 0.678. The van der Waals surface area contributed by atoms with Crippen molar-refractivity contribution in [3.8, 4) is 0 Å². The highest BCUT2D eigenvalue weighted by Crippen LogP contribution is 2.29. The molecule has 0 spiro atoms. The maximum atomic E-state index is 12.4. The molecule has 1 aliphatic rings. The van der Waals surface area contributed by atoms with Crippen molar-refractivity contribution in [3.05, 3.63) is 107 Å². The average Bonchev–Trinajstić information content (AvgIpc) is 2.80. The summed E-state index contributed by atoms with van der Waals surface area (Å²) in [6, 6.07) is 29.4. The molecule has 0 aliphatic carbocycles. The number of hydrogen-bond acceptors (Lipinski definition) is 3. The minimum atomic E-state index is -0.0103. The van der Waals surface area contributed by atoms with Gasteiger partial charge in [0.2, 0.25) is 0 Å². The Hall–Kier alpha value is -2.95. The molecule has 3 aromatic rings. The van der Waals surface area contributed by atoms with Crippen molar-refractivity contribution in [1.29, 1.82) is 0 Å². The van der Waals surface area contributed by atoms with Crippen LogP contribution in [0.4, 0.5) is 0 Å². The molecule has 0 aromatic heterocycles. The van der Waals surface area contributed by atoms with E-state index >= 15 is 0 Å². The highest BCUT2D eigenvalue weighted by Gasteiger charge is 2.26. The zero-order valence-corrected chi connectivity index (χ0v) is 17.5. The fraction of sp³-hybridized carbons (Fsp3) is 0.269. The van der Waals surface area contributed by atoms with Gasteiger partial charge in [-0.05, 0) is 30.2 Å². The number of carbonyl (C=O) groups excluding carboxylic acids is 1. The monoisotopic (exact) mass is 399 g/mol. The van der Waals surface area contributed by atoms with Gasteiger partial charge in [0.15, 0.2) is 0 Å². The number of nitrogens with one attached hydrogen (secondary N) is 1. The smallest absolute Gasteiger partial charge is 0.252 e. The minimum absolute atomic E-state index is 0.0103. The first-order valence-electron chi connectivity index (χ1n) is 10.6. The van der Waals surface area contributed by atoms with E-state index in [4.69, 9.17) is 0 Å². The lowest BCUT2D eigenvalue weighted by molar-refractivity contribution is 0.0831. The number of rotatable bonds is 6. The van der Waals surface area contributed by atoms with E-state index in [9.17, 15) is 4.79 Å². The van der Waals surface area contributed by atoms with E-state index in [2.05, 4.69) is 75.8 Å². The molecule has 1 N–H and O–H groups in total. The van der Waals surface area contributed by atoms with Gasteiger partial charge in [-0.3, -0.25) is 14.6 Å². The Balaban J connectivity index is 1.36. The molecule has 0 saturated carbocycles. The predicted molar refractivity (Wildman–Crippen MR) is 121 cm³/mol. The van der Waals surface area contributed by atoms with Crippen molar-refractivity contribution in [2.45, 2.75) is 13.0 Å². The first-order chi connectivity index (χ1) is 14.7. The van der Waals surface area contributed by atoms with Crippen LogP contribution >= 0.6 is 0 Å². The summed E-state index contributed by atoms with van der Waals surface area (Å²) >= 11 is 0. The average molecular weight is 400 g/mol. The summed E-state index contributed by atoms with van der Waals surface area (Å²) < 4.78 is 0. The van der Waals surface area contributed by atoms with Crippen molar-refractivity contribution >= 4 is 5.91 Å². The van der Waals surface area contributed by atoms with Crippen LogP contribution in [0.2, 0.25) is 0 Å². The molecule has 30 heavy (non-hydrogen) atoms. The maximum absolute atomic E-state index is 12.4. The highest BCUT2D eigenvalue weighted by atomic mass is 16.1. The van der Waals surface area contributed by atoms with E-state index in [1.807, 2.05) is 31.2 Å². The summed E-state index contributed by atoms with van der Waals surface area (Å²) in [6.07, 6.45) is 0. The summed E-state index contributed by atoms with van der Waals surface area (Å²) in [5.74, 6) is -0.0103. The van der Waals surface area contributed by atoms with E-state index in [0.717, 1.165) is 31.7 Å². The number of amides is 1. The molecule has 1 heterocycles. The van der Waals surface area contributed by atoms with Crippen LogP contribution in [-0.4, -0.2) is 48.6 Å². The van der Waals surface area contributed by atoms with Crippen LogP contribution < -0.4 is 5.32 Å². The zero-order valence-electron chi connectivity index (χ0n) is 17.5. The Kier molecular flexibility index (Phi) is 6.57. The van der Waals surface area contributed by atoms with Crippen molar-refractivity contribution < 1.29 is 4.79 Å². The molecule has 0 unspecified atom stereocenters. The molecule has 3 aromatic carbocycles. The number of aryl methyl sites for hydroxylation is 1. The number of carbonyl (C=O) groups is 1. The van der Waals surface area contributed by atoms with Gasteiger partial charge in [-0.15, -0.1) is 0 Å². The molecule has 0 atom stereocenters. The van der Waals surface area contributed by atoms with Crippen LogP contribution in [0.3, 0.4) is 0 Å². The Morgan fingerprint density at radius 1 is 0.800 bits per heavy atom. The van der Waals surface area contributed by atoms with Crippen molar-refractivity contribution in [2.75, 3.05) is 32.8 Å². The van der Waals surface area contributed by atoms with Gasteiger partial charge < -0.3 is 5.32 Å². The van der Waals surface area contributed by atoms with Gasteiger partial charge in [-0.25, -0.2) is 0 Å². The van der Waals surface area contributed by atoms with Gasteiger partial charge in [-0.1, -0.05) is 78.4 Å². The maximum Gasteiger partial charge on any atom is 0.252 e. The Labute approximate surface area is 179 Å².